The smallest absolute Gasteiger partial charge is 0.254 e. The number of benzene rings is 1. The fourth-order valence-corrected chi connectivity index (χ4v) is 3.53. The predicted molar refractivity (Wildman–Crippen MR) is 116 cm³/mol. The summed E-state index contributed by atoms with van der Waals surface area (Å²) < 4.78 is 11.3. The third-order valence-electron chi connectivity index (χ3n) is 5.82. The standard InChI is InChI=1S/C23H35N3O4/c1-16(2)9-14-30-20-8-5-18(15-21(20)29-4)23(28)26-12-10-25(11-13-26)17(3)22(27)24-19-6-7-19/h5,8,15-17,19H,6-7,9-14H2,1-4H3,(H,24,27). The molecule has 1 aromatic rings. The molecule has 166 valence electrons. The molecule has 1 saturated heterocycles. The lowest BCUT2D eigenvalue weighted by atomic mass is 10.1. The lowest BCUT2D eigenvalue weighted by Gasteiger charge is -2.37. The predicted octanol–water partition coefficient (Wildman–Crippen LogP) is 2.54. The number of nitrogens with one attached hydrogen (secondary N) is 1. The normalized spacial score (nSPS) is 18.2. The van der Waals surface area contributed by atoms with E-state index in [1.807, 2.05) is 17.9 Å². The van der Waals surface area contributed by atoms with Crippen LogP contribution in [0.25, 0.3) is 0 Å². The quantitative estimate of drug-likeness (QED) is 0.669. The second kappa shape index (κ2) is 10.2. The van der Waals surface area contributed by atoms with Gasteiger partial charge in [0.1, 0.15) is 0 Å². The van der Waals surface area contributed by atoms with Gasteiger partial charge in [0.15, 0.2) is 11.5 Å². The van der Waals surface area contributed by atoms with Gasteiger partial charge in [-0.1, -0.05) is 13.8 Å². The van der Waals surface area contributed by atoms with Gasteiger partial charge in [-0.25, -0.2) is 0 Å². The van der Waals surface area contributed by atoms with Crippen molar-refractivity contribution in [2.45, 2.75) is 52.1 Å². The number of piperazine rings is 1. The molecule has 1 aliphatic carbocycles. The Balaban J connectivity index is 1.54. The molecule has 1 aliphatic heterocycles. The first-order chi connectivity index (χ1) is 14.4. The first-order valence-electron chi connectivity index (χ1n) is 11.0. The van der Waals surface area contributed by atoms with Crippen LogP contribution in [0.4, 0.5) is 0 Å². The molecule has 0 bridgehead atoms. The number of carbonyl (C=O) groups excluding carboxylic acids is 2. The van der Waals surface area contributed by atoms with Gasteiger partial charge in [0, 0.05) is 37.8 Å². The lowest BCUT2D eigenvalue weighted by molar-refractivity contribution is -0.126. The van der Waals surface area contributed by atoms with Crippen LogP contribution in [0.1, 0.15) is 50.4 Å². The number of amides is 2. The molecule has 1 aromatic carbocycles. The van der Waals surface area contributed by atoms with E-state index in [1.54, 1.807) is 19.2 Å². The molecule has 0 radical (unpaired) electrons. The van der Waals surface area contributed by atoms with E-state index in [0.717, 1.165) is 19.3 Å². The summed E-state index contributed by atoms with van der Waals surface area (Å²) in [4.78, 5) is 29.3. The van der Waals surface area contributed by atoms with Gasteiger partial charge in [0.25, 0.3) is 5.91 Å². The molecule has 1 unspecified atom stereocenters. The molecule has 7 nitrogen and oxygen atoms in total. The fraction of sp³-hybridized carbons (Fsp3) is 0.652. The summed E-state index contributed by atoms with van der Waals surface area (Å²) in [5.41, 5.74) is 0.594. The van der Waals surface area contributed by atoms with Crippen LogP contribution in [0, 0.1) is 5.92 Å². The first kappa shape index (κ1) is 22.4. The third-order valence-corrected chi connectivity index (χ3v) is 5.82. The molecule has 30 heavy (non-hydrogen) atoms. The molecule has 0 spiro atoms. The van der Waals surface area contributed by atoms with E-state index in [4.69, 9.17) is 9.47 Å². The van der Waals surface area contributed by atoms with E-state index in [2.05, 4.69) is 24.1 Å². The number of nitrogens with zero attached hydrogens (tertiary/aromatic N) is 2. The molecule has 7 heteroatoms. The van der Waals surface area contributed by atoms with E-state index >= 15 is 0 Å². The SMILES string of the molecule is COc1cc(C(=O)N2CCN(C(C)C(=O)NC3CC3)CC2)ccc1OCCC(C)C. The average Bonchev–Trinajstić information content (AvgIpc) is 3.56. The van der Waals surface area contributed by atoms with Gasteiger partial charge in [-0.2, -0.15) is 0 Å². The molecule has 2 amide bonds. The summed E-state index contributed by atoms with van der Waals surface area (Å²) in [5.74, 6) is 1.88. The summed E-state index contributed by atoms with van der Waals surface area (Å²) in [5, 5.41) is 3.06. The van der Waals surface area contributed by atoms with Crippen molar-refractivity contribution < 1.29 is 19.1 Å². The van der Waals surface area contributed by atoms with Crippen molar-refractivity contribution in [1.82, 2.24) is 15.1 Å². The minimum absolute atomic E-state index is 0.0169. The molecule has 1 N–H and O–H groups in total. The highest BCUT2D eigenvalue weighted by Gasteiger charge is 2.31. The van der Waals surface area contributed by atoms with Gasteiger partial charge in [-0.05, 0) is 50.3 Å². The fourth-order valence-electron chi connectivity index (χ4n) is 3.53. The number of methoxy groups -OCH3 is 1. The van der Waals surface area contributed by atoms with Gasteiger partial charge in [0.05, 0.1) is 19.8 Å². The van der Waals surface area contributed by atoms with Crippen LogP contribution in [0.3, 0.4) is 0 Å². The van der Waals surface area contributed by atoms with Crippen LogP contribution in [-0.4, -0.2) is 73.6 Å². The van der Waals surface area contributed by atoms with Crippen molar-refractivity contribution in [1.29, 1.82) is 0 Å². The maximum Gasteiger partial charge on any atom is 0.254 e. The van der Waals surface area contributed by atoms with Crippen LogP contribution in [-0.2, 0) is 4.79 Å². The van der Waals surface area contributed by atoms with Crippen molar-refractivity contribution >= 4 is 11.8 Å². The minimum atomic E-state index is -0.162. The molecule has 2 fully saturated rings. The Hall–Kier alpha value is -2.28. The molecule has 2 aliphatic rings. The van der Waals surface area contributed by atoms with E-state index < -0.39 is 0 Å². The van der Waals surface area contributed by atoms with E-state index in [1.165, 1.54) is 0 Å². The number of carbonyl (C=O) groups is 2. The number of hydrogen-bond donors (Lipinski definition) is 1. The van der Waals surface area contributed by atoms with Crippen molar-refractivity contribution in [3.63, 3.8) is 0 Å². The van der Waals surface area contributed by atoms with Gasteiger partial charge in [0.2, 0.25) is 5.91 Å². The van der Waals surface area contributed by atoms with Crippen LogP contribution >= 0.6 is 0 Å². The van der Waals surface area contributed by atoms with Crippen molar-refractivity contribution in [3.05, 3.63) is 23.8 Å². The van der Waals surface area contributed by atoms with Crippen molar-refractivity contribution in [2.75, 3.05) is 39.9 Å². The van der Waals surface area contributed by atoms with Crippen LogP contribution in [0.5, 0.6) is 11.5 Å². The van der Waals surface area contributed by atoms with Crippen molar-refractivity contribution in [3.8, 4) is 11.5 Å². The highest BCUT2D eigenvalue weighted by Crippen LogP contribution is 2.29. The second-order valence-electron chi connectivity index (χ2n) is 8.68. The Morgan fingerprint density at radius 1 is 1.10 bits per heavy atom. The zero-order valence-corrected chi connectivity index (χ0v) is 18.6. The summed E-state index contributed by atoms with van der Waals surface area (Å²) in [6.07, 6.45) is 3.14. The average molecular weight is 418 g/mol. The maximum atomic E-state index is 13.0. The number of hydrogen-bond acceptors (Lipinski definition) is 5. The topological polar surface area (TPSA) is 71.1 Å². The molecular weight excluding hydrogens is 382 g/mol. The third kappa shape index (κ3) is 5.88. The van der Waals surface area contributed by atoms with Gasteiger partial charge < -0.3 is 19.7 Å². The first-order valence-corrected chi connectivity index (χ1v) is 11.0. The lowest BCUT2D eigenvalue weighted by Crippen LogP contribution is -2.55. The van der Waals surface area contributed by atoms with Crippen molar-refractivity contribution in [2.24, 2.45) is 5.92 Å². The highest BCUT2D eigenvalue weighted by atomic mass is 16.5. The van der Waals surface area contributed by atoms with Gasteiger partial charge in [-0.15, -0.1) is 0 Å². The second-order valence-corrected chi connectivity index (χ2v) is 8.68. The Labute approximate surface area is 179 Å². The Morgan fingerprint density at radius 2 is 1.80 bits per heavy atom. The molecule has 1 heterocycles. The Morgan fingerprint density at radius 3 is 2.40 bits per heavy atom. The molecule has 0 aromatic heterocycles. The largest absolute Gasteiger partial charge is 0.493 e. The maximum absolute atomic E-state index is 13.0. The number of ether oxygens (including phenoxy) is 2. The van der Waals surface area contributed by atoms with E-state index in [-0.39, 0.29) is 17.9 Å². The summed E-state index contributed by atoms with van der Waals surface area (Å²) in [6, 6.07) is 5.58. The minimum Gasteiger partial charge on any atom is -0.493 e. The highest BCUT2D eigenvalue weighted by molar-refractivity contribution is 5.95. The zero-order valence-electron chi connectivity index (χ0n) is 18.6. The van der Waals surface area contributed by atoms with Gasteiger partial charge in [-0.3, -0.25) is 14.5 Å². The van der Waals surface area contributed by atoms with Crippen LogP contribution in [0.2, 0.25) is 0 Å². The molecule has 1 saturated carbocycles. The van der Waals surface area contributed by atoms with Crippen LogP contribution in [0.15, 0.2) is 18.2 Å². The molecule has 1 atom stereocenters. The van der Waals surface area contributed by atoms with Crippen LogP contribution < -0.4 is 14.8 Å². The Bertz CT molecular complexity index is 740. The molecule has 3 rings (SSSR count). The summed E-state index contributed by atoms with van der Waals surface area (Å²) in [7, 11) is 1.59. The van der Waals surface area contributed by atoms with E-state index in [9.17, 15) is 9.59 Å². The summed E-state index contributed by atoms with van der Waals surface area (Å²) >= 11 is 0. The summed E-state index contributed by atoms with van der Waals surface area (Å²) in [6.45, 7) is 9.47. The van der Waals surface area contributed by atoms with Gasteiger partial charge >= 0.3 is 0 Å². The monoisotopic (exact) mass is 417 g/mol. The van der Waals surface area contributed by atoms with E-state index in [0.29, 0.717) is 61.8 Å². The zero-order chi connectivity index (χ0) is 21.7. The number of rotatable bonds is 9. The Kier molecular flexibility index (Phi) is 7.58. The molecular formula is C23H35N3O4.